The summed E-state index contributed by atoms with van der Waals surface area (Å²) in [5, 5.41) is 17.9. The average Bonchev–Trinajstić information content (AvgIpc) is 2.28. The van der Waals surface area contributed by atoms with E-state index in [1.165, 1.54) is 0 Å². The van der Waals surface area contributed by atoms with Crippen LogP contribution >= 0.6 is 0 Å². The number of unbranched alkanes of at least 4 members (excludes halogenated alkanes) is 1. The molecule has 0 heterocycles. The second-order valence-electron chi connectivity index (χ2n) is 7.88. The van der Waals surface area contributed by atoms with Crippen LogP contribution in [0, 0.1) is 0 Å². The molecule has 0 spiro atoms. The van der Waals surface area contributed by atoms with Gasteiger partial charge in [0.2, 0.25) is 0 Å². The lowest BCUT2D eigenvalue weighted by Crippen LogP contribution is -2.52. The second-order valence-corrected chi connectivity index (χ2v) is 20.7. The molecule has 8 heteroatoms. The van der Waals surface area contributed by atoms with Crippen molar-refractivity contribution < 1.29 is 23.2 Å². The molecule has 0 amide bonds. The Morgan fingerprint density at radius 3 is 1.59 bits per heavy atom. The van der Waals surface area contributed by atoms with Crippen molar-refractivity contribution in [1.82, 2.24) is 0 Å². The first kappa shape index (κ1) is 22.5. The molecule has 0 saturated carbocycles. The Hall–Kier alpha value is 0.451. The molecule has 0 aromatic heterocycles. The molecule has 0 aromatic carbocycles. The summed E-state index contributed by atoms with van der Waals surface area (Å²) in [6.07, 6.45) is 1.42. The van der Waals surface area contributed by atoms with Gasteiger partial charge in [-0.3, -0.25) is 0 Å². The van der Waals surface area contributed by atoms with Crippen molar-refractivity contribution in [2.45, 2.75) is 70.8 Å². The van der Waals surface area contributed by atoms with Crippen LogP contribution in [-0.4, -0.2) is 61.3 Å². The van der Waals surface area contributed by atoms with Crippen LogP contribution in [0.1, 0.15) is 12.8 Å². The highest BCUT2D eigenvalue weighted by Gasteiger charge is 2.39. The smallest absolute Gasteiger partial charge is 0.314 e. The monoisotopic (exact) mass is 368 g/mol. The highest BCUT2D eigenvalue weighted by atomic mass is 28.5. The summed E-state index contributed by atoms with van der Waals surface area (Å²) in [4.78, 5) is 0. The van der Waals surface area contributed by atoms with Gasteiger partial charge in [0.05, 0.1) is 13.2 Å². The number of hydrogen-bond donors (Lipinski definition) is 2. The van der Waals surface area contributed by atoms with Gasteiger partial charge in [-0.05, 0) is 64.7 Å². The minimum absolute atomic E-state index is 0.138. The van der Waals surface area contributed by atoms with E-state index >= 15 is 0 Å². The van der Waals surface area contributed by atoms with Gasteiger partial charge in [-0.2, -0.15) is 0 Å². The zero-order valence-electron chi connectivity index (χ0n) is 15.4. The van der Waals surface area contributed by atoms with Gasteiger partial charge in [-0.1, -0.05) is 0 Å². The van der Waals surface area contributed by atoms with E-state index in [-0.39, 0.29) is 13.2 Å². The third-order valence-corrected chi connectivity index (χ3v) is 12.4. The number of rotatable bonds is 12. The molecule has 0 atom stereocenters. The predicted octanol–water partition coefficient (Wildman–Crippen LogP) is 2.91. The van der Waals surface area contributed by atoms with E-state index in [0.717, 1.165) is 18.9 Å². The molecule has 0 fully saturated rings. The lowest BCUT2D eigenvalue weighted by atomic mass is 10.3. The van der Waals surface area contributed by atoms with E-state index in [0.29, 0.717) is 6.61 Å². The van der Waals surface area contributed by atoms with Crippen LogP contribution in [0.2, 0.25) is 51.9 Å². The van der Waals surface area contributed by atoms with Gasteiger partial charge in [0, 0.05) is 6.61 Å². The molecule has 0 bridgehead atoms. The third kappa shape index (κ3) is 11.9. The van der Waals surface area contributed by atoms with Crippen molar-refractivity contribution >= 4 is 25.2 Å². The molecule has 2 N–H and O–H groups in total. The Kier molecular flexibility index (Phi) is 9.87. The minimum Gasteiger partial charge on any atom is -0.437 e. The summed E-state index contributed by atoms with van der Waals surface area (Å²) in [5.74, 6) is 0. The molecule has 0 aromatic rings. The van der Waals surface area contributed by atoms with Crippen molar-refractivity contribution in [3.8, 4) is 0 Å². The van der Waals surface area contributed by atoms with Crippen LogP contribution in [-0.2, 0) is 13.0 Å². The van der Waals surface area contributed by atoms with Gasteiger partial charge in [0.15, 0.2) is 16.6 Å². The molecule has 0 saturated heterocycles. The van der Waals surface area contributed by atoms with Gasteiger partial charge in [0.25, 0.3) is 0 Å². The van der Waals surface area contributed by atoms with Crippen molar-refractivity contribution in [3.63, 3.8) is 0 Å². The maximum atomic E-state index is 8.96. The first-order chi connectivity index (χ1) is 9.91. The van der Waals surface area contributed by atoms with E-state index in [4.69, 9.17) is 23.2 Å². The Balaban J connectivity index is 4.36. The maximum Gasteiger partial charge on any atom is 0.314 e. The van der Waals surface area contributed by atoms with E-state index in [1.54, 1.807) is 0 Å². The fourth-order valence-electron chi connectivity index (χ4n) is 2.38. The fourth-order valence-corrected chi connectivity index (χ4v) is 15.0. The van der Waals surface area contributed by atoms with Crippen molar-refractivity contribution in [2.24, 2.45) is 0 Å². The van der Waals surface area contributed by atoms with Crippen molar-refractivity contribution in [1.29, 1.82) is 0 Å². The van der Waals surface area contributed by atoms with Gasteiger partial charge in [-0.15, -0.1) is 0 Å². The van der Waals surface area contributed by atoms with E-state index < -0.39 is 31.3 Å². The molecular formula is C14H36O5Si3. The Morgan fingerprint density at radius 2 is 1.23 bits per heavy atom. The Morgan fingerprint density at radius 1 is 0.773 bits per heavy atom. The molecule has 0 aliphatic rings. The van der Waals surface area contributed by atoms with Crippen LogP contribution in [0.5, 0.6) is 0 Å². The fraction of sp³-hybridized carbons (Fsp3) is 1.00. The standard InChI is InChI=1S/C14H36O5Si3/c1-20(2,3)18-22(7,19-21(4,5)6)11-9-8-10-17-14(12-15)13-16/h14-16H,8-13H2,1-7H3. The summed E-state index contributed by atoms with van der Waals surface area (Å²) < 4.78 is 18.3. The van der Waals surface area contributed by atoms with Crippen molar-refractivity contribution in [2.75, 3.05) is 19.8 Å². The van der Waals surface area contributed by atoms with Crippen LogP contribution in [0.15, 0.2) is 0 Å². The van der Waals surface area contributed by atoms with Crippen LogP contribution < -0.4 is 0 Å². The van der Waals surface area contributed by atoms with Crippen LogP contribution in [0.4, 0.5) is 0 Å². The van der Waals surface area contributed by atoms with Crippen LogP contribution in [0.25, 0.3) is 0 Å². The maximum absolute atomic E-state index is 8.96. The molecule has 134 valence electrons. The third-order valence-electron chi connectivity index (χ3n) is 2.83. The Labute approximate surface area is 139 Å². The molecule has 22 heavy (non-hydrogen) atoms. The molecular weight excluding hydrogens is 332 g/mol. The summed E-state index contributed by atoms with van der Waals surface area (Å²) in [6.45, 7) is 15.7. The topological polar surface area (TPSA) is 68.2 Å². The lowest BCUT2D eigenvalue weighted by Gasteiger charge is -2.38. The molecule has 5 nitrogen and oxygen atoms in total. The zero-order valence-corrected chi connectivity index (χ0v) is 18.4. The largest absolute Gasteiger partial charge is 0.437 e. The van der Waals surface area contributed by atoms with Gasteiger partial charge in [-0.25, -0.2) is 0 Å². The molecule has 0 unspecified atom stereocenters. The number of aliphatic hydroxyl groups is 2. The first-order valence-corrected chi connectivity index (χ1v) is 17.5. The average molecular weight is 369 g/mol. The van der Waals surface area contributed by atoms with Gasteiger partial charge >= 0.3 is 8.56 Å². The summed E-state index contributed by atoms with van der Waals surface area (Å²) in [5.41, 5.74) is 0. The Bertz CT molecular complexity index is 282. The van der Waals surface area contributed by atoms with Gasteiger partial charge in [0.1, 0.15) is 6.10 Å². The SMILES string of the molecule is C[Si](C)(C)O[Si](C)(CCCCOC(CO)CO)O[Si](C)(C)C. The summed E-state index contributed by atoms with van der Waals surface area (Å²) >= 11 is 0. The summed E-state index contributed by atoms with van der Waals surface area (Å²) in [7, 11) is -5.40. The number of ether oxygens (including phenoxy) is 1. The van der Waals surface area contributed by atoms with Gasteiger partial charge < -0.3 is 23.2 Å². The van der Waals surface area contributed by atoms with E-state index in [1.807, 2.05) is 0 Å². The highest BCUT2D eigenvalue weighted by molar-refractivity contribution is 6.87. The quantitative estimate of drug-likeness (QED) is 0.409. The molecule has 0 rings (SSSR count). The van der Waals surface area contributed by atoms with E-state index in [9.17, 15) is 0 Å². The van der Waals surface area contributed by atoms with E-state index in [2.05, 4.69) is 45.8 Å². The molecule has 0 aliphatic carbocycles. The number of aliphatic hydroxyl groups excluding tert-OH is 2. The van der Waals surface area contributed by atoms with Crippen molar-refractivity contribution in [3.05, 3.63) is 0 Å². The zero-order chi connectivity index (χ0) is 17.4. The molecule has 0 aliphatic heterocycles. The minimum atomic E-state index is -2.14. The highest BCUT2D eigenvalue weighted by Crippen LogP contribution is 2.26. The lowest BCUT2D eigenvalue weighted by molar-refractivity contribution is -0.0205. The second kappa shape index (κ2) is 9.68. The normalized spacial score (nSPS) is 13.9. The number of hydrogen-bond acceptors (Lipinski definition) is 5. The molecule has 0 radical (unpaired) electrons. The van der Waals surface area contributed by atoms with Crippen LogP contribution in [0.3, 0.4) is 0 Å². The summed E-state index contributed by atoms with van der Waals surface area (Å²) in [6, 6.07) is 0.966. The predicted molar refractivity (Wildman–Crippen MR) is 98.4 cm³/mol. The first-order valence-electron chi connectivity index (χ1n) is 8.14.